The van der Waals surface area contributed by atoms with Gasteiger partial charge >= 0.3 is 0 Å². The molecule has 2 aromatic carbocycles. The van der Waals surface area contributed by atoms with E-state index in [2.05, 4.69) is 86.0 Å². The largest absolute Gasteiger partial charge is 0.375 e. The summed E-state index contributed by atoms with van der Waals surface area (Å²) in [4.78, 5) is 1.25. The van der Waals surface area contributed by atoms with Crippen LogP contribution < -0.4 is 10.6 Å². The zero-order valence-corrected chi connectivity index (χ0v) is 25.0. The van der Waals surface area contributed by atoms with E-state index < -0.39 is 5.54 Å². The van der Waals surface area contributed by atoms with Gasteiger partial charge in [0.25, 0.3) is 0 Å². The number of aryl methyl sites for hydroxylation is 1. The second kappa shape index (κ2) is 14.2. The van der Waals surface area contributed by atoms with E-state index in [4.69, 9.17) is 0 Å². The summed E-state index contributed by atoms with van der Waals surface area (Å²) < 4.78 is 13.8. The molecular weight excluding hydrogens is 499 g/mol. The van der Waals surface area contributed by atoms with Crippen molar-refractivity contribution in [1.82, 2.24) is 10.6 Å². The second-order valence-corrected chi connectivity index (χ2v) is 11.5. The first kappa shape index (κ1) is 30.3. The average Bonchev–Trinajstić information content (AvgIpc) is 3.40. The lowest BCUT2D eigenvalue weighted by molar-refractivity contribution is 0.185. The fraction of sp³-hybridized carbons (Fsp3) is 0.371. The molecule has 0 bridgehead atoms. The van der Waals surface area contributed by atoms with Gasteiger partial charge in [-0.3, -0.25) is 0 Å². The lowest BCUT2D eigenvalue weighted by atomic mass is 9.69. The Balaban J connectivity index is 1.97. The van der Waals surface area contributed by atoms with E-state index in [-0.39, 0.29) is 11.7 Å². The van der Waals surface area contributed by atoms with Gasteiger partial charge in [-0.2, -0.15) is 0 Å². The predicted molar refractivity (Wildman–Crippen MR) is 167 cm³/mol. The molecule has 2 N–H and O–H groups in total. The van der Waals surface area contributed by atoms with E-state index >= 15 is 0 Å². The third-order valence-electron chi connectivity index (χ3n) is 7.50. The number of benzene rings is 2. The van der Waals surface area contributed by atoms with Gasteiger partial charge in [-0.1, -0.05) is 68.7 Å². The lowest BCUT2D eigenvalue weighted by Gasteiger charge is -2.44. The van der Waals surface area contributed by atoms with Crippen LogP contribution in [0.4, 0.5) is 4.39 Å². The number of hydrogen-bond acceptors (Lipinski definition) is 3. The molecule has 3 unspecified atom stereocenters. The molecule has 4 heteroatoms. The Morgan fingerprint density at radius 1 is 1.08 bits per heavy atom. The maximum absolute atomic E-state index is 13.8. The quantitative estimate of drug-likeness (QED) is 0.157. The minimum absolute atomic E-state index is 0.166. The van der Waals surface area contributed by atoms with Crippen LogP contribution >= 0.6 is 11.3 Å². The standard InChI is InChI=1S/C35H43FN2S/c1-8-13-27-15-11-19-30(21-27)31-23-33(39-24-31)35(6,38-26(5)37-7)34(25(3)4)29(14-9-2)18-10-16-28-17-12-20-32(36)22-28/h11-12,15,17,19-24,29,34,37-38H,3,5,9-10,14,16,18H2,1-2,4,6-7H3. The van der Waals surface area contributed by atoms with Crippen LogP contribution in [0.15, 0.2) is 84.5 Å². The molecular formula is C35H43FN2S. The van der Waals surface area contributed by atoms with Crippen molar-refractivity contribution < 1.29 is 4.39 Å². The van der Waals surface area contributed by atoms with Gasteiger partial charge in [0.1, 0.15) is 5.82 Å². The van der Waals surface area contributed by atoms with Crippen molar-refractivity contribution >= 4 is 11.3 Å². The molecule has 39 heavy (non-hydrogen) atoms. The molecule has 0 aliphatic rings. The van der Waals surface area contributed by atoms with Gasteiger partial charge in [0.05, 0.1) is 11.4 Å². The summed E-state index contributed by atoms with van der Waals surface area (Å²) in [6.45, 7) is 17.3. The Labute approximate surface area is 239 Å². The van der Waals surface area contributed by atoms with Crippen LogP contribution in [0.3, 0.4) is 0 Å². The second-order valence-electron chi connectivity index (χ2n) is 10.6. The predicted octanol–water partition coefficient (Wildman–Crippen LogP) is 9.05. The topological polar surface area (TPSA) is 24.1 Å². The molecule has 0 spiro atoms. The summed E-state index contributed by atoms with van der Waals surface area (Å²) >= 11 is 1.78. The molecule has 2 nitrogen and oxygen atoms in total. The molecule has 3 rings (SSSR count). The number of nitrogens with one attached hydrogen (secondary N) is 2. The van der Waals surface area contributed by atoms with Crippen LogP contribution in [-0.4, -0.2) is 7.05 Å². The molecule has 0 amide bonds. The number of rotatable bonds is 14. The number of hydrogen-bond donors (Lipinski definition) is 2. The monoisotopic (exact) mass is 542 g/mol. The highest BCUT2D eigenvalue weighted by molar-refractivity contribution is 7.10. The highest BCUT2D eigenvalue weighted by atomic mass is 32.1. The smallest absolute Gasteiger partial charge is 0.123 e. The van der Waals surface area contributed by atoms with Crippen molar-refractivity contribution in [3.8, 4) is 23.0 Å². The molecule has 0 radical (unpaired) electrons. The van der Waals surface area contributed by atoms with Crippen molar-refractivity contribution in [3.05, 3.63) is 106 Å². The van der Waals surface area contributed by atoms with Crippen molar-refractivity contribution in [2.75, 3.05) is 7.05 Å². The SMILES string of the molecule is C=C(NC)NC(C)(c1cc(-c2cccc(C#CC)c2)cs1)C(C(=C)C)C(CCC)CCCc1cccc(F)c1. The third-order valence-corrected chi connectivity index (χ3v) is 8.67. The molecule has 0 saturated carbocycles. The van der Waals surface area contributed by atoms with Crippen LogP contribution in [0.1, 0.15) is 69.4 Å². The Bertz CT molecular complexity index is 1330. The van der Waals surface area contributed by atoms with E-state index in [1.165, 1.54) is 22.1 Å². The van der Waals surface area contributed by atoms with Crippen LogP contribution in [-0.2, 0) is 12.0 Å². The average molecular weight is 543 g/mol. The zero-order valence-electron chi connectivity index (χ0n) is 24.2. The first-order valence-electron chi connectivity index (χ1n) is 13.9. The normalized spacial score (nSPS) is 13.9. The molecule has 0 aliphatic heterocycles. The molecule has 0 saturated heterocycles. The Kier molecular flexibility index (Phi) is 11.0. The Morgan fingerprint density at radius 2 is 1.85 bits per heavy atom. The highest BCUT2D eigenvalue weighted by Crippen LogP contribution is 2.45. The van der Waals surface area contributed by atoms with Gasteiger partial charge in [0.2, 0.25) is 0 Å². The summed E-state index contributed by atoms with van der Waals surface area (Å²) in [6.07, 6.45) is 5.11. The molecule has 1 aromatic heterocycles. The summed E-state index contributed by atoms with van der Waals surface area (Å²) in [5, 5.41) is 9.21. The Hall–Kier alpha value is -3.29. The van der Waals surface area contributed by atoms with E-state index in [9.17, 15) is 4.39 Å². The van der Waals surface area contributed by atoms with Crippen LogP contribution in [0, 0.1) is 29.5 Å². The summed E-state index contributed by atoms with van der Waals surface area (Å²) in [6, 6.07) is 17.7. The summed E-state index contributed by atoms with van der Waals surface area (Å²) in [5.41, 5.74) is 5.19. The first-order chi connectivity index (χ1) is 18.7. The maximum Gasteiger partial charge on any atom is 0.123 e. The fourth-order valence-electron chi connectivity index (χ4n) is 5.83. The summed E-state index contributed by atoms with van der Waals surface area (Å²) in [7, 11) is 1.90. The van der Waals surface area contributed by atoms with Crippen LogP contribution in [0.2, 0.25) is 0 Å². The summed E-state index contributed by atoms with van der Waals surface area (Å²) in [5.74, 6) is 7.39. The third kappa shape index (κ3) is 7.87. The minimum Gasteiger partial charge on any atom is -0.375 e. The van der Waals surface area contributed by atoms with E-state index in [1.807, 2.05) is 26.1 Å². The van der Waals surface area contributed by atoms with Gasteiger partial charge < -0.3 is 10.6 Å². The highest BCUT2D eigenvalue weighted by Gasteiger charge is 2.42. The van der Waals surface area contributed by atoms with Gasteiger partial charge in [-0.25, -0.2) is 4.39 Å². The van der Waals surface area contributed by atoms with Crippen molar-refractivity contribution in [2.24, 2.45) is 11.8 Å². The van der Waals surface area contributed by atoms with Crippen molar-refractivity contribution in [2.45, 2.75) is 65.3 Å². The van der Waals surface area contributed by atoms with Crippen LogP contribution in [0.5, 0.6) is 0 Å². The van der Waals surface area contributed by atoms with Crippen LogP contribution in [0.25, 0.3) is 11.1 Å². The van der Waals surface area contributed by atoms with Gasteiger partial charge in [-0.15, -0.1) is 17.3 Å². The van der Waals surface area contributed by atoms with Crippen molar-refractivity contribution in [1.29, 1.82) is 0 Å². The zero-order chi connectivity index (χ0) is 28.4. The van der Waals surface area contributed by atoms with Gasteiger partial charge in [-0.05, 0) is 98.4 Å². The van der Waals surface area contributed by atoms with Gasteiger partial charge in [0.15, 0.2) is 0 Å². The van der Waals surface area contributed by atoms with E-state index in [0.717, 1.165) is 54.6 Å². The molecule has 206 valence electrons. The first-order valence-corrected chi connectivity index (χ1v) is 14.8. The number of halogens is 1. The Morgan fingerprint density at radius 3 is 2.51 bits per heavy atom. The fourth-order valence-corrected chi connectivity index (χ4v) is 6.90. The molecule has 0 fully saturated rings. The minimum atomic E-state index is -0.408. The lowest BCUT2D eigenvalue weighted by Crippen LogP contribution is -2.49. The molecule has 1 heterocycles. The van der Waals surface area contributed by atoms with E-state index in [1.54, 1.807) is 23.5 Å². The molecule has 3 aromatic rings. The van der Waals surface area contributed by atoms with E-state index in [0.29, 0.717) is 5.92 Å². The molecule has 3 atom stereocenters. The number of thiophene rings is 1. The van der Waals surface area contributed by atoms with Crippen molar-refractivity contribution in [3.63, 3.8) is 0 Å². The maximum atomic E-state index is 13.8. The van der Waals surface area contributed by atoms with Gasteiger partial charge in [0, 0.05) is 23.4 Å². The molecule has 0 aliphatic carbocycles.